The Hall–Kier alpha value is -3.47. The van der Waals surface area contributed by atoms with Gasteiger partial charge in [-0.2, -0.15) is 0 Å². The largest absolute Gasteiger partial charge is 0.466 e. The van der Waals surface area contributed by atoms with Crippen molar-refractivity contribution in [3.63, 3.8) is 0 Å². The summed E-state index contributed by atoms with van der Waals surface area (Å²) >= 11 is 0. The van der Waals surface area contributed by atoms with Gasteiger partial charge in [-0.1, -0.05) is 0 Å². The molecule has 1 aliphatic rings. The summed E-state index contributed by atoms with van der Waals surface area (Å²) in [5.41, 5.74) is -0.596. The quantitative estimate of drug-likeness (QED) is 0.309. The number of carbonyl (C=O) groups excluding carboxylic acids is 3. The number of hydrogen-bond donors (Lipinski definition) is 0. The maximum absolute atomic E-state index is 12.3. The zero-order valence-corrected chi connectivity index (χ0v) is 15.6. The molecule has 0 fully saturated rings. The first kappa shape index (κ1) is 20.8. The Kier molecular flexibility index (Phi) is 6.31. The van der Waals surface area contributed by atoms with Crippen molar-refractivity contribution < 1.29 is 38.3 Å². The maximum atomic E-state index is 12.3. The van der Waals surface area contributed by atoms with E-state index in [-0.39, 0.29) is 47.1 Å². The number of ether oxygens (including phenoxy) is 4. The molecule has 0 radical (unpaired) electrons. The highest BCUT2D eigenvalue weighted by Crippen LogP contribution is 2.33. The lowest BCUT2D eigenvalue weighted by atomic mass is 10.0. The van der Waals surface area contributed by atoms with Crippen LogP contribution in [-0.2, 0) is 28.5 Å². The number of esters is 3. The molecule has 2 rings (SSSR count). The average molecular weight is 394 g/mol. The van der Waals surface area contributed by atoms with Gasteiger partial charge in [-0.05, 0) is 13.0 Å². The van der Waals surface area contributed by atoms with Crippen molar-refractivity contribution >= 4 is 29.3 Å². The van der Waals surface area contributed by atoms with E-state index in [4.69, 9.17) is 9.47 Å². The predicted octanol–water partition coefficient (Wildman–Crippen LogP) is 1.08. The molecule has 0 aromatic heterocycles. The van der Waals surface area contributed by atoms with E-state index in [1.807, 2.05) is 0 Å². The first-order valence-corrected chi connectivity index (χ1v) is 7.89. The van der Waals surface area contributed by atoms with Crippen molar-refractivity contribution in [1.82, 2.24) is 0 Å². The Morgan fingerprint density at radius 1 is 1.07 bits per heavy atom. The average Bonchev–Trinajstić information content (AvgIpc) is 2.71. The van der Waals surface area contributed by atoms with Crippen molar-refractivity contribution in [3.05, 3.63) is 44.6 Å². The SMILES string of the molecule is COC(=O)C1=C(C(=O)OC)N(c2cc(C(=O)OC)c(C)c([N+](=O)[O-])c2)COC1. The minimum absolute atomic E-state index is 0.0684. The normalized spacial score (nSPS) is 13.8. The molecule has 11 nitrogen and oxygen atoms in total. The van der Waals surface area contributed by atoms with E-state index in [0.29, 0.717) is 0 Å². The predicted molar refractivity (Wildman–Crippen MR) is 93.5 cm³/mol. The van der Waals surface area contributed by atoms with Gasteiger partial charge < -0.3 is 23.8 Å². The van der Waals surface area contributed by atoms with Crippen molar-refractivity contribution in [2.75, 3.05) is 39.6 Å². The number of carbonyl (C=O) groups is 3. The van der Waals surface area contributed by atoms with Crippen LogP contribution in [-0.4, -0.2) is 57.5 Å². The molecule has 150 valence electrons. The molecule has 0 amide bonds. The molecule has 0 spiro atoms. The third kappa shape index (κ3) is 3.78. The Labute approximate surface area is 159 Å². The summed E-state index contributed by atoms with van der Waals surface area (Å²) < 4.78 is 19.4. The van der Waals surface area contributed by atoms with Gasteiger partial charge in [0, 0.05) is 11.6 Å². The maximum Gasteiger partial charge on any atom is 0.355 e. The van der Waals surface area contributed by atoms with E-state index in [2.05, 4.69) is 9.47 Å². The third-order valence-electron chi connectivity index (χ3n) is 4.11. The highest BCUT2D eigenvalue weighted by atomic mass is 16.6. The lowest BCUT2D eigenvalue weighted by Crippen LogP contribution is -2.39. The molecule has 1 heterocycles. The van der Waals surface area contributed by atoms with Crippen LogP contribution < -0.4 is 4.90 Å². The zero-order chi connectivity index (χ0) is 21.0. The molecule has 0 bridgehead atoms. The standard InChI is InChI=1S/C17H18N2O9/c1-9-11(15(20)25-2)5-10(6-13(9)19(23)24)18-8-28-7-12(16(21)26-3)14(18)17(22)27-4/h5-6H,7-8H2,1-4H3. The Morgan fingerprint density at radius 2 is 1.68 bits per heavy atom. The fraction of sp³-hybridized carbons (Fsp3) is 0.353. The van der Waals surface area contributed by atoms with Crippen LogP contribution in [0.4, 0.5) is 11.4 Å². The van der Waals surface area contributed by atoms with Crippen molar-refractivity contribution in [1.29, 1.82) is 0 Å². The molecule has 1 aromatic carbocycles. The molecule has 28 heavy (non-hydrogen) atoms. The third-order valence-corrected chi connectivity index (χ3v) is 4.11. The van der Waals surface area contributed by atoms with Gasteiger partial charge in [0.25, 0.3) is 5.69 Å². The van der Waals surface area contributed by atoms with Crippen LogP contribution in [0.3, 0.4) is 0 Å². The molecule has 0 aliphatic carbocycles. The first-order valence-electron chi connectivity index (χ1n) is 7.89. The Morgan fingerprint density at radius 3 is 2.21 bits per heavy atom. The molecule has 1 aliphatic heterocycles. The lowest BCUT2D eigenvalue weighted by molar-refractivity contribution is -0.385. The summed E-state index contributed by atoms with van der Waals surface area (Å²) in [6, 6.07) is 2.47. The molecule has 0 N–H and O–H groups in total. The zero-order valence-electron chi connectivity index (χ0n) is 15.6. The second kappa shape index (κ2) is 8.48. The summed E-state index contributed by atoms with van der Waals surface area (Å²) in [4.78, 5) is 48.4. The number of methoxy groups -OCH3 is 3. The van der Waals surface area contributed by atoms with Crippen molar-refractivity contribution in [3.8, 4) is 0 Å². The van der Waals surface area contributed by atoms with E-state index < -0.39 is 22.8 Å². The van der Waals surface area contributed by atoms with Crippen molar-refractivity contribution in [2.24, 2.45) is 0 Å². The van der Waals surface area contributed by atoms with E-state index in [1.54, 1.807) is 0 Å². The molecule has 0 saturated carbocycles. The fourth-order valence-electron chi connectivity index (χ4n) is 2.70. The van der Waals surface area contributed by atoms with Crippen LogP contribution in [0.25, 0.3) is 0 Å². The van der Waals surface area contributed by atoms with E-state index in [1.165, 1.54) is 17.9 Å². The topological polar surface area (TPSA) is 135 Å². The lowest BCUT2D eigenvalue weighted by Gasteiger charge is -2.31. The second-order valence-electron chi connectivity index (χ2n) is 5.60. The van der Waals surface area contributed by atoms with Gasteiger partial charge in [-0.15, -0.1) is 0 Å². The minimum Gasteiger partial charge on any atom is -0.466 e. The van der Waals surface area contributed by atoms with Crippen LogP contribution >= 0.6 is 0 Å². The van der Waals surface area contributed by atoms with E-state index in [0.717, 1.165) is 27.4 Å². The van der Waals surface area contributed by atoms with Crippen LogP contribution in [0.2, 0.25) is 0 Å². The smallest absolute Gasteiger partial charge is 0.355 e. The summed E-state index contributed by atoms with van der Waals surface area (Å²) in [6.07, 6.45) is 0. The van der Waals surface area contributed by atoms with Gasteiger partial charge in [0.1, 0.15) is 12.4 Å². The molecular formula is C17H18N2O9. The van der Waals surface area contributed by atoms with Crippen LogP contribution in [0, 0.1) is 17.0 Å². The molecule has 1 aromatic rings. The molecule has 0 saturated heterocycles. The van der Waals surface area contributed by atoms with Crippen molar-refractivity contribution in [2.45, 2.75) is 6.92 Å². The molecule has 0 unspecified atom stereocenters. The number of anilines is 1. The van der Waals surface area contributed by atoms with Crippen LogP contribution in [0.1, 0.15) is 15.9 Å². The molecule has 11 heteroatoms. The molecule has 0 atom stereocenters. The number of hydrogen-bond acceptors (Lipinski definition) is 10. The summed E-state index contributed by atoms with van der Waals surface area (Å²) in [5, 5.41) is 11.4. The number of nitro benzene ring substituents is 1. The van der Waals surface area contributed by atoms with Gasteiger partial charge in [-0.25, -0.2) is 14.4 Å². The first-order chi connectivity index (χ1) is 13.3. The number of nitrogens with zero attached hydrogens (tertiary/aromatic N) is 2. The Balaban J connectivity index is 2.75. The monoisotopic (exact) mass is 394 g/mol. The fourth-order valence-corrected chi connectivity index (χ4v) is 2.70. The van der Waals surface area contributed by atoms with Gasteiger partial charge >= 0.3 is 17.9 Å². The Bertz CT molecular complexity index is 876. The minimum atomic E-state index is -0.869. The highest BCUT2D eigenvalue weighted by molar-refractivity contribution is 6.04. The van der Waals surface area contributed by atoms with Gasteiger partial charge in [0.2, 0.25) is 0 Å². The summed E-state index contributed by atoms with van der Waals surface area (Å²) in [7, 11) is 3.39. The van der Waals surface area contributed by atoms with E-state index >= 15 is 0 Å². The van der Waals surface area contributed by atoms with Crippen LogP contribution in [0.15, 0.2) is 23.4 Å². The molecular weight excluding hydrogens is 376 g/mol. The number of nitro groups is 1. The second-order valence-corrected chi connectivity index (χ2v) is 5.60. The highest BCUT2D eigenvalue weighted by Gasteiger charge is 2.34. The van der Waals surface area contributed by atoms with Gasteiger partial charge in [0.15, 0.2) is 0 Å². The van der Waals surface area contributed by atoms with Gasteiger partial charge in [0.05, 0.1) is 49.7 Å². The number of rotatable bonds is 5. The summed E-state index contributed by atoms with van der Waals surface area (Å²) in [6.45, 7) is 0.967. The number of benzene rings is 1. The van der Waals surface area contributed by atoms with Gasteiger partial charge in [-0.3, -0.25) is 10.1 Å². The van der Waals surface area contributed by atoms with E-state index in [9.17, 15) is 24.5 Å². The summed E-state index contributed by atoms with van der Waals surface area (Å²) in [5.74, 6) is -2.48. The van der Waals surface area contributed by atoms with Crippen LogP contribution in [0.5, 0.6) is 0 Å².